The molecule has 2 aromatic carbocycles. The average Bonchev–Trinajstić information content (AvgIpc) is 3.20. The zero-order valence-electron chi connectivity index (χ0n) is 17.4. The molecular weight excluding hydrogens is 439 g/mol. The fraction of sp³-hybridized carbons (Fsp3) is 0.391. The maximum absolute atomic E-state index is 13.1. The third-order valence-corrected chi connectivity index (χ3v) is 7.55. The predicted molar refractivity (Wildman–Crippen MR) is 117 cm³/mol. The maximum Gasteiger partial charge on any atom is 0.416 e. The molecule has 0 bridgehead atoms. The van der Waals surface area contributed by atoms with Crippen LogP contribution < -0.4 is 5.32 Å². The molecule has 0 radical (unpaired) electrons. The average molecular weight is 464 g/mol. The molecule has 2 aliphatic rings. The Morgan fingerprint density at radius 3 is 2.25 bits per heavy atom. The second-order valence-corrected chi connectivity index (χ2v) is 9.41. The molecule has 170 valence electrons. The zero-order chi connectivity index (χ0) is 22.8. The van der Waals surface area contributed by atoms with E-state index in [9.17, 15) is 22.8 Å². The molecule has 0 aromatic heterocycles. The van der Waals surface area contributed by atoms with Crippen molar-refractivity contribution < 1.29 is 22.8 Å². The number of nitrogens with zero attached hydrogens (tertiary/aromatic N) is 2. The van der Waals surface area contributed by atoms with Crippen LogP contribution in [0.25, 0.3) is 0 Å². The lowest BCUT2D eigenvalue weighted by Gasteiger charge is -2.44. The summed E-state index contributed by atoms with van der Waals surface area (Å²) in [4.78, 5) is 28.8. The Hall–Kier alpha value is -2.68. The quantitative estimate of drug-likeness (QED) is 0.724. The molecule has 2 saturated heterocycles. The Bertz CT molecular complexity index is 959. The van der Waals surface area contributed by atoms with E-state index in [0.717, 1.165) is 23.4 Å². The first kappa shape index (κ1) is 22.5. The molecule has 2 aromatic rings. The van der Waals surface area contributed by atoms with Crippen LogP contribution in [0.4, 0.5) is 18.0 Å². The number of piperidine rings is 1. The van der Waals surface area contributed by atoms with E-state index >= 15 is 0 Å². The number of benzene rings is 2. The van der Waals surface area contributed by atoms with Crippen LogP contribution in [0.2, 0.25) is 0 Å². The maximum atomic E-state index is 13.1. The van der Waals surface area contributed by atoms with Gasteiger partial charge >= 0.3 is 12.2 Å². The van der Waals surface area contributed by atoms with Crippen molar-refractivity contribution in [1.29, 1.82) is 0 Å². The van der Waals surface area contributed by atoms with Gasteiger partial charge in [-0.25, -0.2) is 4.79 Å². The predicted octanol–water partition coefficient (Wildman–Crippen LogP) is 4.60. The lowest BCUT2D eigenvalue weighted by molar-refractivity contribution is -0.137. The van der Waals surface area contributed by atoms with Crippen LogP contribution in [0.5, 0.6) is 0 Å². The molecular formula is C23H24F3N3O2S. The number of carbonyl (C=O) groups excluding carboxylic acids is 2. The van der Waals surface area contributed by atoms with Crippen molar-refractivity contribution in [1.82, 2.24) is 15.1 Å². The Morgan fingerprint density at radius 2 is 1.62 bits per heavy atom. The molecule has 3 amide bonds. The molecule has 4 rings (SSSR count). The highest BCUT2D eigenvalue weighted by molar-refractivity contribution is 8.00. The van der Waals surface area contributed by atoms with E-state index in [-0.39, 0.29) is 17.5 Å². The summed E-state index contributed by atoms with van der Waals surface area (Å²) in [7, 11) is 0. The number of likely N-dealkylation sites (tertiary alicyclic amines) is 1. The van der Waals surface area contributed by atoms with Gasteiger partial charge in [0.2, 0.25) is 0 Å². The van der Waals surface area contributed by atoms with Gasteiger partial charge in [-0.3, -0.25) is 4.79 Å². The number of carbonyl (C=O) groups is 2. The van der Waals surface area contributed by atoms with Crippen LogP contribution in [0, 0.1) is 0 Å². The van der Waals surface area contributed by atoms with E-state index in [1.54, 1.807) is 21.6 Å². The molecule has 2 heterocycles. The summed E-state index contributed by atoms with van der Waals surface area (Å²) in [5.74, 6) is 0.512. The van der Waals surface area contributed by atoms with Gasteiger partial charge in [-0.05, 0) is 42.7 Å². The fourth-order valence-electron chi connectivity index (χ4n) is 4.21. The fourth-order valence-corrected chi connectivity index (χ4v) is 5.67. The summed E-state index contributed by atoms with van der Waals surface area (Å²) in [6, 6.07) is 13.9. The number of halogens is 3. The second-order valence-electron chi connectivity index (χ2n) is 7.96. The SMILES string of the molecule is O=C(NCc1ccccc1)N1CCC2(CC1)SCCN2C(=O)c1ccc(C(F)(F)F)cc1. The number of rotatable bonds is 3. The van der Waals surface area contributed by atoms with Crippen molar-refractivity contribution in [3.8, 4) is 0 Å². The molecule has 0 saturated carbocycles. The summed E-state index contributed by atoms with van der Waals surface area (Å²) in [6.45, 7) is 2.04. The molecule has 1 spiro atoms. The van der Waals surface area contributed by atoms with Crippen LogP contribution in [-0.4, -0.2) is 52.0 Å². The monoisotopic (exact) mass is 463 g/mol. The Balaban J connectivity index is 1.37. The minimum absolute atomic E-state index is 0.132. The highest BCUT2D eigenvalue weighted by Gasteiger charge is 2.47. The molecule has 1 N–H and O–H groups in total. The van der Waals surface area contributed by atoms with E-state index in [2.05, 4.69) is 5.32 Å². The number of hydrogen-bond donors (Lipinski definition) is 1. The van der Waals surface area contributed by atoms with E-state index < -0.39 is 16.6 Å². The Labute approximate surface area is 189 Å². The minimum atomic E-state index is -4.43. The number of amides is 3. The summed E-state index contributed by atoms with van der Waals surface area (Å²) >= 11 is 1.69. The van der Waals surface area contributed by atoms with E-state index in [1.165, 1.54) is 12.1 Å². The van der Waals surface area contributed by atoms with E-state index in [0.29, 0.717) is 39.0 Å². The van der Waals surface area contributed by atoms with E-state index in [1.807, 2.05) is 30.3 Å². The zero-order valence-corrected chi connectivity index (χ0v) is 18.2. The molecule has 0 atom stereocenters. The molecule has 2 fully saturated rings. The van der Waals surface area contributed by atoms with Crippen molar-refractivity contribution in [3.63, 3.8) is 0 Å². The van der Waals surface area contributed by atoms with Gasteiger partial charge in [0.25, 0.3) is 5.91 Å². The number of thioether (sulfide) groups is 1. The van der Waals surface area contributed by atoms with Crippen molar-refractivity contribution in [2.24, 2.45) is 0 Å². The minimum Gasteiger partial charge on any atom is -0.334 e. The first-order valence-corrected chi connectivity index (χ1v) is 11.5. The highest BCUT2D eigenvalue weighted by atomic mass is 32.2. The van der Waals surface area contributed by atoms with Crippen molar-refractivity contribution in [2.75, 3.05) is 25.4 Å². The van der Waals surface area contributed by atoms with Crippen LogP contribution in [0.3, 0.4) is 0 Å². The summed E-state index contributed by atoms with van der Waals surface area (Å²) in [6.07, 6.45) is -3.17. The largest absolute Gasteiger partial charge is 0.416 e. The van der Waals surface area contributed by atoms with Crippen LogP contribution in [0.1, 0.15) is 34.3 Å². The van der Waals surface area contributed by atoms with Gasteiger partial charge in [0, 0.05) is 37.5 Å². The smallest absolute Gasteiger partial charge is 0.334 e. The summed E-state index contributed by atoms with van der Waals surface area (Å²) in [5, 5.41) is 2.93. The Morgan fingerprint density at radius 1 is 0.969 bits per heavy atom. The number of urea groups is 1. The topological polar surface area (TPSA) is 52.7 Å². The van der Waals surface area contributed by atoms with Gasteiger partial charge in [-0.2, -0.15) is 13.2 Å². The molecule has 9 heteroatoms. The molecule has 32 heavy (non-hydrogen) atoms. The lowest BCUT2D eigenvalue weighted by Crippen LogP contribution is -2.55. The molecule has 2 aliphatic heterocycles. The first-order chi connectivity index (χ1) is 15.3. The summed E-state index contributed by atoms with van der Waals surface area (Å²) in [5.41, 5.74) is 0.506. The van der Waals surface area contributed by atoms with Crippen molar-refractivity contribution in [3.05, 3.63) is 71.3 Å². The highest BCUT2D eigenvalue weighted by Crippen LogP contribution is 2.44. The van der Waals surface area contributed by atoms with Crippen LogP contribution in [-0.2, 0) is 12.7 Å². The van der Waals surface area contributed by atoms with Crippen molar-refractivity contribution >= 4 is 23.7 Å². The standard InChI is InChI=1S/C23H24F3N3O2S/c24-23(25,26)19-8-6-18(7-9-19)20(30)29-14-15-32-22(29)10-12-28(13-11-22)21(31)27-16-17-4-2-1-3-5-17/h1-9H,10-16H2,(H,27,31). The van der Waals surface area contributed by atoms with Crippen LogP contribution >= 0.6 is 11.8 Å². The van der Waals surface area contributed by atoms with Gasteiger partial charge in [0.05, 0.1) is 10.4 Å². The van der Waals surface area contributed by atoms with Gasteiger partial charge in [0.15, 0.2) is 0 Å². The van der Waals surface area contributed by atoms with Crippen molar-refractivity contribution in [2.45, 2.75) is 30.4 Å². The number of nitrogens with one attached hydrogen (secondary N) is 1. The third-order valence-electron chi connectivity index (χ3n) is 6.00. The summed E-state index contributed by atoms with van der Waals surface area (Å²) < 4.78 is 38.5. The first-order valence-electron chi connectivity index (χ1n) is 10.5. The normalized spacial score (nSPS) is 18.1. The second kappa shape index (κ2) is 9.05. The third kappa shape index (κ3) is 4.72. The molecule has 5 nitrogen and oxygen atoms in total. The van der Waals surface area contributed by atoms with Gasteiger partial charge in [-0.15, -0.1) is 11.8 Å². The Kier molecular flexibility index (Phi) is 6.37. The van der Waals surface area contributed by atoms with Gasteiger partial charge < -0.3 is 15.1 Å². The van der Waals surface area contributed by atoms with Crippen LogP contribution in [0.15, 0.2) is 54.6 Å². The van der Waals surface area contributed by atoms with E-state index in [4.69, 9.17) is 0 Å². The van der Waals surface area contributed by atoms with Gasteiger partial charge in [-0.1, -0.05) is 30.3 Å². The lowest BCUT2D eigenvalue weighted by atomic mass is 10.0. The molecule has 0 aliphatic carbocycles. The van der Waals surface area contributed by atoms with Gasteiger partial charge in [0.1, 0.15) is 0 Å². The number of alkyl halides is 3. The molecule has 0 unspecified atom stereocenters. The number of hydrogen-bond acceptors (Lipinski definition) is 3.